The first kappa shape index (κ1) is 13.7. The van der Waals surface area contributed by atoms with E-state index >= 15 is 0 Å². The van der Waals surface area contributed by atoms with Crippen molar-refractivity contribution in [1.82, 2.24) is 0 Å². The molecule has 0 unspecified atom stereocenters. The Morgan fingerprint density at radius 3 is 2.36 bits per heavy atom. The fourth-order valence-electron chi connectivity index (χ4n) is 2.60. The van der Waals surface area contributed by atoms with Gasteiger partial charge in [-0.3, -0.25) is 0 Å². The maximum Gasteiger partial charge on any atom is 0.152 e. The minimum Gasteiger partial charge on any atom is -0.453 e. The normalized spacial score (nSPS) is 12.4. The van der Waals surface area contributed by atoms with Crippen molar-refractivity contribution < 1.29 is 4.74 Å². The SMILES string of the molecule is Clc1ccc(N2c3ccccc3Oc3cc(Br)ccc32)cc1. The number of rotatable bonds is 1. The predicted molar refractivity (Wildman–Crippen MR) is 93.9 cm³/mol. The van der Waals surface area contributed by atoms with E-state index in [-0.39, 0.29) is 0 Å². The third-order valence-electron chi connectivity index (χ3n) is 3.57. The molecule has 0 saturated carbocycles. The maximum atomic E-state index is 6.04. The second-order valence-corrected chi connectivity index (χ2v) is 6.35. The van der Waals surface area contributed by atoms with Crippen molar-refractivity contribution in [2.75, 3.05) is 4.90 Å². The molecule has 4 heteroatoms. The molecular formula is C18H11BrClNO. The van der Waals surface area contributed by atoms with Gasteiger partial charge in [-0.25, -0.2) is 0 Å². The van der Waals surface area contributed by atoms with Gasteiger partial charge in [0, 0.05) is 15.2 Å². The molecule has 4 rings (SSSR count). The Labute approximate surface area is 142 Å². The van der Waals surface area contributed by atoms with E-state index in [0.717, 1.165) is 38.1 Å². The van der Waals surface area contributed by atoms with Crippen LogP contribution in [0.2, 0.25) is 5.02 Å². The molecule has 0 amide bonds. The van der Waals surface area contributed by atoms with Crippen LogP contribution in [0.25, 0.3) is 0 Å². The summed E-state index contributed by atoms with van der Waals surface area (Å²) in [4.78, 5) is 2.18. The number of ether oxygens (including phenoxy) is 1. The molecule has 3 aromatic carbocycles. The fourth-order valence-corrected chi connectivity index (χ4v) is 3.07. The quantitative estimate of drug-likeness (QED) is 0.369. The smallest absolute Gasteiger partial charge is 0.152 e. The van der Waals surface area contributed by atoms with Crippen LogP contribution in [-0.2, 0) is 0 Å². The molecule has 1 heterocycles. The van der Waals surface area contributed by atoms with Crippen LogP contribution in [0.15, 0.2) is 71.2 Å². The number of fused-ring (bicyclic) bond motifs is 2. The molecule has 22 heavy (non-hydrogen) atoms. The third kappa shape index (κ3) is 2.27. The molecule has 0 N–H and O–H groups in total. The Kier molecular flexibility index (Phi) is 3.32. The van der Waals surface area contributed by atoms with Gasteiger partial charge in [0.15, 0.2) is 11.5 Å². The lowest BCUT2D eigenvalue weighted by atomic mass is 10.1. The summed E-state index contributed by atoms with van der Waals surface area (Å²) in [6.45, 7) is 0. The van der Waals surface area contributed by atoms with Gasteiger partial charge >= 0.3 is 0 Å². The molecule has 108 valence electrons. The van der Waals surface area contributed by atoms with E-state index < -0.39 is 0 Å². The van der Waals surface area contributed by atoms with Crippen molar-refractivity contribution in [3.05, 3.63) is 76.2 Å². The molecule has 0 radical (unpaired) electrons. The van der Waals surface area contributed by atoms with Gasteiger partial charge in [-0.15, -0.1) is 0 Å². The van der Waals surface area contributed by atoms with Crippen LogP contribution in [0, 0.1) is 0 Å². The van der Waals surface area contributed by atoms with Crippen molar-refractivity contribution in [3.63, 3.8) is 0 Å². The lowest BCUT2D eigenvalue weighted by Gasteiger charge is -2.32. The molecule has 0 aromatic heterocycles. The van der Waals surface area contributed by atoms with Crippen molar-refractivity contribution in [2.45, 2.75) is 0 Å². The summed E-state index contributed by atoms with van der Waals surface area (Å²) in [5.41, 5.74) is 3.06. The van der Waals surface area contributed by atoms with Crippen LogP contribution in [0.1, 0.15) is 0 Å². The summed E-state index contributed by atoms with van der Waals surface area (Å²) in [6.07, 6.45) is 0. The van der Waals surface area contributed by atoms with E-state index in [4.69, 9.17) is 16.3 Å². The topological polar surface area (TPSA) is 12.5 Å². The van der Waals surface area contributed by atoms with Crippen LogP contribution in [0.3, 0.4) is 0 Å². The standard InChI is InChI=1S/C18H11BrClNO/c19-12-5-10-16-18(11-12)22-17-4-2-1-3-15(17)21(16)14-8-6-13(20)7-9-14/h1-11H. The monoisotopic (exact) mass is 371 g/mol. The van der Waals surface area contributed by atoms with Crippen LogP contribution in [-0.4, -0.2) is 0 Å². The molecule has 2 nitrogen and oxygen atoms in total. The Balaban J connectivity index is 1.95. The van der Waals surface area contributed by atoms with E-state index in [1.807, 2.05) is 60.7 Å². The van der Waals surface area contributed by atoms with E-state index in [1.54, 1.807) is 0 Å². The van der Waals surface area contributed by atoms with Crippen LogP contribution >= 0.6 is 27.5 Å². The van der Waals surface area contributed by atoms with Crippen molar-refractivity contribution in [3.8, 4) is 11.5 Å². The highest BCUT2D eigenvalue weighted by atomic mass is 79.9. The highest BCUT2D eigenvalue weighted by Crippen LogP contribution is 2.50. The van der Waals surface area contributed by atoms with E-state index in [2.05, 4.69) is 26.9 Å². The van der Waals surface area contributed by atoms with Crippen LogP contribution in [0.5, 0.6) is 11.5 Å². The zero-order valence-corrected chi connectivity index (χ0v) is 13.8. The van der Waals surface area contributed by atoms with Gasteiger partial charge in [0.1, 0.15) is 0 Å². The number of benzene rings is 3. The summed E-state index contributed by atoms with van der Waals surface area (Å²) in [6, 6.07) is 21.9. The van der Waals surface area contributed by atoms with Crippen LogP contribution < -0.4 is 9.64 Å². The number of hydrogen-bond donors (Lipinski definition) is 0. The molecule has 0 atom stereocenters. The molecule has 0 fully saturated rings. The number of para-hydroxylation sites is 2. The summed E-state index contributed by atoms with van der Waals surface area (Å²) in [7, 11) is 0. The van der Waals surface area contributed by atoms with E-state index in [1.165, 1.54) is 0 Å². The molecular weight excluding hydrogens is 362 g/mol. The van der Waals surface area contributed by atoms with Gasteiger partial charge in [0.2, 0.25) is 0 Å². The Morgan fingerprint density at radius 1 is 0.818 bits per heavy atom. The van der Waals surface area contributed by atoms with Gasteiger partial charge in [-0.2, -0.15) is 0 Å². The number of nitrogens with zero attached hydrogens (tertiary/aromatic N) is 1. The molecule has 3 aromatic rings. The Morgan fingerprint density at radius 2 is 1.55 bits per heavy atom. The van der Waals surface area contributed by atoms with Gasteiger partial charge < -0.3 is 9.64 Å². The first-order valence-corrected chi connectivity index (χ1v) is 8.01. The number of halogens is 2. The first-order chi connectivity index (χ1) is 10.7. The van der Waals surface area contributed by atoms with Gasteiger partial charge in [0.05, 0.1) is 11.4 Å². The van der Waals surface area contributed by atoms with Crippen molar-refractivity contribution in [2.24, 2.45) is 0 Å². The molecule has 0 bridgehead atoms. The number of hydrogen-bond acceptors (Lipinski definition) is 2. The summed E-state index contributed by atoms with van der Waals surface area (Å²) in [5.74, 6) is 1.66. The molecule has 1 aliphatic heterocycles. The van der Waals surface area contributed by atoms with Gasteiger partial charge in [0.25, 0.3) is 0 Å². The zero-order chi connectivity index (χ0) is 15.1. The lowest BCUT2D eigenvalue weighted by Crippen LogP contribution is -2.15. The fraction of sp³-hybridized carbons (Fsp3) is 0. The molecule has 0 saturated heterocycles. The maximum absolute atomic E-state index is 6.04. The van der Waals surface area contributed by atoms with E-state index in [0.29, 0.717) is 0 Å². The average molecular weight is 373 g/mol. The average Bonchev–Trinajstić information content (AvgIpc) is 2.53. The molecule has 0 aliphatic carbocycles. The molecule has 0 spiro atoms. The first-order valence-electron chi connectivity index (χ1n) is 6.84. The second-order valence-electron chi connectivity index (χ2n) is 4.99. The Bertz CT molecular complexity index is 848. The van der Waals surface area contributed by atoms with Gasteiger partial charge in [-0.05, 0) is 54.6 Å². The zero-order valence-electron chi connectivity index (χ0n) is 11.5. The highest BCUT2D eigenvalue weighted by Gasteiger charge is 2.25. The predicted octanol–water partition coefficient (Wildman–Crippen LogP) is 6.68. The van der Waals surface area contributed by atoms with Gasteiger partial charge in [-0.1, -0.05) is 39.7 Å². The largest absolute Gasteiger partial charge is 0.453 e. The summed E-state index contributed by atoms with van der Waals surface area (Å²) >= 11 is 9.52. The molecule has 1 aliphatic rings. The Hall–Kier alpha value is -1.97. The number of anilines is 3. The highest BCUT2D eigenvalue weighted by molar-refractivity contribution is 9.10. The summed E-state index contributed by atoms with van der Waals surface area (Å²) in [5, 5.41) is 0.723. The second kappa shape index (κ2) is 5.34. The minimum atomic E-state index is 0.723. The lowest BCUT2D eigenvalue weighted by molar-refractivity contribution is 0.476. The minimum absolute atomic E-state index is 0.723. The van der Waals surface area contributed by atoms with Crippen molar-refractivity contribution >= 4 is 44.6 Å². The third-order valence-corrected chi connectivity index (χ3v) is 4.32. The van der Waals surface area contributed by atoms with Crippen LogP contribution in [0.4, 0.5) is 17.1 Å². The summed E-state index contributed by atoms with van der Waals surface area (Å²) < 4.78 is 7.02. The van der Waals surface area contributed by atoms with E-state index in [9.17, 15) is 0 Å². The van der Waals surface area contributed by atoms with Crippen molar-refractivity contribution in [1.29, 1.82) is 0 Å².